The van der Waals surface area contributed by atoms with Crippen LogP contribution in [0.2, 0.25) is 0 Å². The summed E-state index contributed by atoms with van der Waals surface area (Å²) in [6.07, 6.45) is 0.912. The van der Waals surface area contributed by atoms with Crippen LogP contribution in [0.25, 0.3) is 0 Å². The van der Waals surface area contributed by atoms with Gasteiger partial charge >= 0.3 is 0 Å². The van der Waals surface area contributed by atoms with Crippen molar-refractivity contribution in [3.63, 3.8) is 0 Å². The fraction of sp³-hybridized carbons (Fsp3) is 0.263. The number of hydrazone groups is 1. The highest BCUT2D eigenvalue weighted by molar-refractivity contribution is 5.99. The first kappa shape index (κ1) is 14.5. The van der Waals surface area contributed by atoms with Gasteiger partial charge < -0.3 is 0 Å². The summed E-state index contributed by atoms with van der Waals surface area (Å²) >= 11 is 0. The Morgan fingerprint density at radius 2 is 1.77 bits per heavy atom. The standard InChI is InChI=1S/C19H20N2O/c1-13-8-10-15(11-9-13)14(2)20-21-19(22)18-12-17(18)16-6-4-3-5-7-16/h3-11,17-18H,12H2,1-2H3,(H,21,22)/b20-14-/t17-,18+/m1/s1. The number of carbonyl (C=O) groups is 1. The molecule has 1 saturated carbocycles. The van der Waals surface area contributed by atoms with E-state index in [2.05, 4.69) is 29.6 Å². The monoisotopic (exact) mass is 292 g/mol. The van der Waals surface area contributed by atoms with E-state index in [-0.39, 0.29) is 11.8 Å². The van der Waals surface area contributed by atoms with Crippen molar-refractivity contribution in [1.29, 1.82) is 0 Å². The second kappa shape index (κ2) is 6.14. The number of amides is 1. The van der Waals surface area contributed by atoms with Crippen molar-refractivity contribution < 1.29 is 4.79 Å². The summed E-state index contributed by atoms with van der Waals surface area (Å²) in [7, 11) is 0. The minimum Gasteiger partial charge on any atom is -0.273 e. The Hall–Kier alpha value is -2.42. The number of aryl methyl sites for hydroxylation is 1. The van der Waals surface area contributed by atoms with Gasteiger partial charge in [0.1, 0.15) is 0 Å². The predicted octanol–water partition coefficient (Wildman–Crippen LogP) is 3.64. The summed E-state index contributed by atoms with van der Waals surface area (Å²) in [5, 5.41) is 4.23. The Morgan fingerprint density at radius 3 is 2.45 bits per heavy atom. The second-order valence-corrected chi connectivity index (χ2v) is 5.90. The quantitative estimate of drug-likeness (QED) is 0.678. The molecule has 3 nitrogen and oxygen atoms in total. The summed E-state index contributed by atoms with van der Waals surface area (Å²) in [4.78, 5) is 12.2. The molecular formula is C19H20N2O. The molecule has 0 aliphatic heterocycles. The zero-order valence-corrected chi connectivity index (χ0v) is 12.9. The van der Waals surface area contributed by atoms with Gasteiger partial charge in [-0.1, -0.05) is 60.2 Å². The largest absolute Gasteiger partial charge is 0.273 e. The molecule has 1 aliphatic carbocycles. The van der Waals surface area contributed by atoms with Crippen LogP contribution in [0.3, 0.4) is 0 Å². The first-order chi connectivity index (χ1) is 10.6. The average Bonchev–Trinajstić information content (AvgIpc) is 3.34. The van der Waals surface area contributed by atoms with Crippen LogP contribution in [0.15, 0.2) is 59.7 Å². The lowest BCUT2D eigenvalue weighted by Crippen LogP contribution is -2.21. The van der Waals surface area contributed by atoms with Crippen molar-refractivity contribution in [3.05, 3.63) is 71.3 Å². The van der Waals surface area contributed by atoms with Crippen LogP contribution >= 0.6 is 0 Å². The van der Waals surface area contributed by atoms with Crippen molar-refractivity contribution in [1.82, 2.24) is 5.43 Å². The van der Waals surface area contributed by atoms with Crippen molar-refractivity contribution in [2.24, 2.45) is 11.0 Å². The Morgan fingerprint density at radius 1 is 1.09 bits per heavy atom. The minimum atomic E-state index is 0.0142. The van der Waals surface area contributed by atoms with Crippen molar-refractivity contribution in [2.45, 2.75) is 26.2 Å². The molecule has 1 fully saturated rings. The van der Waals surface area contributed by atoms with Crippen LogP contribution in [-0.4, -0.2) is 11.6 Å². The molecule has 0 radical (unpaired) electrons. The lowest BCUT2D eigenvalue weighted by Gasteiger charge is -2.03. The Kier molecular flexibility index (Phi) is 4.05. The van der Waals surface area contributed by atoms with Crippen molar-refractivity contribution in [2.75, 3.05) is 0 Å². The van der Waals surface area contributed by atoms with Crippen LogP contribution in [0.1, 0.15) is 36.0 Å². The van der Waals surface area contributed by atoms with Gasteiger partial charge in [0.15, 0.2) is 0 Å². The van der Waals surface area contributed by atoms with Crippen LogP contribution in [0.5, 0.6) is 0 Å². The van der Waals surface area contributed by atoms with Crippen molar-refractivity contribution in [3.8, 4) is 0 Å². The number of hydrogen-bond acceptors (Lipinski definition) is 2. The molecule has 0 heterocycles. The zero-order chi connectivity index (χ0) is 15.5. The highest BCUT2D eigenvalue weighted by Gasteiger charge is 2.43. The highest BCUT2D eigenvalue weighted by atomic mass is 16.2. The van der Waals surface area contributed by atoms with Crippen LogP contribution in [0, 0.1) is 12.8 Å². The molecule has 2 aromatic carbocycles. The van der Waals surface area contributed by atoms with Crippen LogP contribution < -0.4 is 5.43 Å². The molecule has 2 atom stereocenters. The fourth-order valence-corrected chi connectivity index (χ4v) is 2.63. The third kappa shape index (κ3) is 3.25. The SMILES string of the molecule is C/C(=N/NC(=O)[C@H]1C[C@@H]1c1ccccc1)c1ccc(C)cc1. The van der Waals surface area contributed by atoms with E-state index >= 15 is 0 Å². The first-order valence-corrected chi connectivity index (χ1v) is 7.61. The summed E-state index contributed by atoms with van der Waals surface area (Å²) in [5.74, 6) is 0.411. The maximum Gasteiger partial charge on any atom is 0.243 e. The topological polar surface area (TPSA) is 41.5 Å². The van der Waals surface area contributed by atoms with Gasteiger partial charge in [0.25, 0.3) is 0 Å². The van der Waals surface area contributed by atoms with E-state index in [0.717, 1.165) is 17.7 Å². The highest BCUT2D eigenvalue weighted by Crippen LogP contribution is 2.47. The molecule has 22 heavy (non-hydrogen) atoms. The van der Waals surface area contributed by atoms with Gasteiger partial charge in [0, 0.05) is 5.92 Å². The average molecular weight is 292 g/mol. The van der Waals surface area contributed by atoms with Crippen LogP contribution in [0.4, 0.5) is 0 Å². The lowest BCUT2D eigenvalue weighted by atomic mass is 10.1. The van der Waals surface area contributed by atoms with E-state index < -0.39 is 0 Å². The van der Waals surface area contributed by atoms with Gasteiger partial charge in [-0.2, -0.15) is 5.10 Å². The number of benzene rings is 2. The van der Waals surface area contributed by atoms with Crippen LogP contribution in [-0.2, 0) is 4.79 Å². The summed E-state index contributed by atoms with van der Waals surface area (Å²) in [5.41, 5.74) is 7.01. The number of hydrogen-bond donors (Lipinski definition) is 1. The van der Waals surface area contributed by atoms with Gasteiger partial charge in [0.05, 0.1) is 5.71 Å². The maximum atomic E-state index is 12.2. The van der Waals surface area contributed by atoms with Gasteiger partial charge in [-0.3, -0.25) is 4.79 Å². The zero-order valence-electron chi connectivity index (χ0n) is 12.9. The normalized spacial score (nSPS) is 20.5. The number of nitrogens with zero attached hydrogens (tertiary/aromatic N) is 1. The molecule has 1 aliphatic rings. The maximum absolute atomic E-state index is 12.2. The van der Waals surface area contributed by atoms with E-state index in [1.165, 1.54) is 11.1 Å². The molecule has 112 valence electrons. The first-order valence-electron chi connectivity index (χ1n) is 7.61. The molecule has 0 spiro atoms. The van der Waals surface area contributed by atoms with E-state index in [1.807, 2.05) is 49.4 Å². The molecule has 0 aromatic heterocycles. The van der Waals surface area contributed by atoms with E-state index in [9.17, 15) is 4.79 Å². The third-order valence-electron chi connectivity index (χ3n) is 4.16. The Labute approximate surface area is 131 Å². The van der Waals surface area contributed by atoms with Gasteiger partial charge in [-0.05, 0) is 37.3 Å². The lowest BCUT2D eigenvalue weighted by molar-refractivity contribution is -0.122. The molecule has 0 unspecified atom stereocenters. The molecule has 1 N–H and O–H groups in total. The van der Waals surface area contributed by atoms with Crippen molar-refractivity contribution >= 4 is 11.6 Å². The molecule has 1 amide bonds. The summed E-state index contributed by atoms with van der Waals surface area (Å²) < 4.78 is 0. The van der Waals surface area contributed by atoms with Gasteiger partial charge in [0.2, 0.25) is 5.91 Å². The smallest absolute Gasteiger partial charge is 0.243 e. The Bertz CT molecular complexity index is 689. The van der Waals surface area contributed by atoms with E-state index in [1.54, 1.807) is 0 Å². The van der Waals surface area contributed by atoms with E-state index in [0.29, 0.717) is 5.92 Å². The Balaban J connectivity index is 1.59. The molecule has 3 heteroatoms. The molecule has 0 saturated heterocycles. The molecule has 3 rings (SSSR count). The molecule has 0 bridgehead atoms. The third-order valence-corrected chi connectivity index (χ3v) is 4.16. The van der Waals surface area contributed by atoms with Gasteiger partial charge in [-0.15, -0.1) is 0 Å². The number of rotatable bonds is 4. The molecule has 2 aromatic rings. The molecular weight excluding hydrogens is 272 g/mol. The predicted molar refractivity (Wildman–Crippen MR) is 88.8 cm³/mol. The van der Waals surface area contributed by atoms with Gasteiger partial charge in [-0.25, -0.2) is 5.43 Å². The number of carbonyl (C=O) groups excluding carboxylic acids is 1. The minimum absolute atomic E-state index is 0.0142. The fourth-order valence-electron chi connectivity index (χ4n) is 2.63. The summed E-state index contributed by atoms with van der Waals surface area (Å²) in [6, 6.07) is 18.3. The second-order valence-electron chi connectivity index (χ2n) is 5.90. The van der Waals surface area contributed by atoms with E-state index in [4.69, 9.17) is 0 Å². The number of nitrogens with one attached hydrogen (secondary N) is 1. The summed E-state index contributed by atoms with van der Waals surface area (Å²) in [6.45, 7) is 3.96.